The molecule has 0 radical (unpaired) electrons. The van der Waals surface area contributed by atoms with Gasteiger partial charge in [-0.2, -0.15) is 0 Å². The number of rotatable bonds is 7. The summed E-state index contributed by atoms with van der Waals surface area (Å²) in [4.78, 5) is 0. The minimum Gasteiger partial charge on any atom is -0.390 e. The van der Waals surface area contributed by atoms with E-state index in [1.807, 2.05) is 0 Å². The van der Waals surface area contributed by atoms with Crippen LogP contribution in [-0.2, 0) is 14.2 Å². The molecular formula is C13H24O4. The first kappa shape index (κ1) is 13.3. The highest BCUT2D eigenvalue weighted by molar-refractivity contribution is 4.94. The monoisotopic (exact) mass is 244 g/mol. The second-order valence-corrected chi connectivity index (χ2v) is 5.30. The SMILES string of the molecule is COCCOCCCC1(O)CC2CCC(C1)O2. The van der Waals surface area contributed by atoms with E-state index in [2.05, 4.69) is 0 Å². The lowest BCUT2D eigenvalue weighted by Crippen LogP contribution is -2.41. The molecule has 2 aliphatic heterocycles. The average molecular weight is 244 g/mol. The van der Waals surface area contributed by atoms with Gasteiger partial charge in [-0.15, -0.1) is 0 Å². The van der Waals surface area contributed by atoms with Crippen LogP contribution in [0, 0.1) is 0 Å². The molecule has 0 aromatic rings. The van der Waals surface area contributed by atoms with E-state index in [-0.39, 0.29) is 0 Å². The van der Waals surface area contributed by atoms with Crippen molar-refractivity contribution in [3.05, 3.63) is 0 Å². The van der Waals surface area contributed by atoms with Gasteiger partial charge < -0.3 is 19.3 Å². The van der Waals surface area contributed by atoms with Gasteiger partial charge in [-0.1, -0.05) is 0 Å². The molecule has 2 aliphatic rings. The summed E-state index contributed by atoms with van der Waals surface area (Å²) in [7, 11) is 1.67. The van der Waals surface area contributed by atoms with Crippen molar-refractivity contribution in [3.8, 4) is 0 Å². The molecule has 100 valence electrons. The topological polar surface area (TPSA) is 47.9 Å². The Hall–Kier alpha value is -0.160. The zero-order valence-corrected chi connectivity index (χ0v) is 10.7. The van der Waals surface area contributed by atoms with Crippen LogP contribution in [0.15, 0.2) is 0 Å². The number of fused-ring (bicyclic) bond motifs is 2. The van der Waals surface area contributed by atoms with Crippen LogP contribution in [0.5, 0.6) is 0 Å². The summed E-state index contributed by atoms with van der Waals surface area (Å²) in [5.41, 5.74) is -0.505. The molecule has 2 rings (SSSR count). The lowest BCUT2D eigenvalue weighted by Gasteiger charge is -2.36. The third kappa shape index (κ3) is 3.91. The van der Waals surface area contributed by atoms with E-state index in [4.69, 9.17) is 14.2 Å². The van der Waals surface area contributed by atoms with Crippen molar-refractivity contribution in [1.29, 1.82) is 0 Å². The molecule has 17 heavy (non-hydrogen) atoms. The molecule has 0 saturated carbocycles. The lowest BCUT2D eigenvalue weighted by atomic mass is 9.86. The van der Waals surface area contributed by atoms with Crippen LogP contribution < -0.4 is 0 Å². The molecule has 0 amide bonds. The van der Waals surface area contributed by atoms with E-state index in [1.165, 1.54) is 0 Å². The van der Waals surface area contributed by atoms with Crippen molar-refractivity contribution in [1.82, 2.24) is 0 Å². The first-order valence-corrected chi connectivity index (χ1v) is 6.66. The van der Waals surface area contributed by atoms with Gasteiger partial charge in [0.05, 0.1) is 31.0 Å². The number of hydrogen-bond donors (Lipinski definition) is 1. The second-order valence-electron chi connectivity index (χ2n) is 5.30. The molecular weight excluding hydrogens is 220 g/mol. The van der Waals surface area contributed by atoms with Crippen molar-refractivity contribution in [2.24, 2.45) is 0 Å². The Morgan fingerprint density at radius 3 is 2.53 bits per heavy atom. The van der Waals surface area contributed by atoms with Crippen molar-refractivity contribution in [2.45, 2.75) is 56.3 Å². The Morgan fingerprint density at radius 1 is 1.18 bits per heavy atom. The normalized spacial score (nSPS) is 36.4. The molecule has 4 nitrogen and oxygen atoms in total. The van der Waals surface area contributed by atoms with Crippen LogP contribution >= 0.6 is 0 Å². The van der Waals surface area contributed by atoms with Crippen molar-refractivity contribution in [2.75, 3.05) is 26.9 Å². The standard InChI is InChI=1S/C13H24O4/c1-15-7-8-16-6-2-5-13(14)9-11-3-4-12(10-13)17-11/h11-12,14H,2-10H2,1H3. The molecule has 4 heteroatoms. The van der Waals surface area contributed by atoms with Crippen LogP contribution in [0.4, 0.5) is 0 Å². The molecule has 2 fully saturated rings. The van der Waals surface area contributed by atoms with Gasteiger partial charge in [-0.3, -0.25) is 0 Å². The van der Waals surface area contributed by atoms with E-state index in [0.29, 0.717) is 32.0 Å². The van der Waals surface area contributed by atoms with Gasteiger partial charge in [0.2, 0.25) is 0 Å². The summed E-state index contributed by atoms with van der Waals surface area (Å²) < 4.78 is 16.1. The third-order valence-corrected chi connectivity index (χ3v) is 3.77. The molecule has 2 saturated heterocycles. The van der Waals surface area contributed by atoms with Crippen LogP contribution in [0.1, 0.15) is 38.5 Å². The molecule has 0 spiro atoms. The van der Waals surface area contributed by atoms with Crippen molar-refractivity contribution < 1.29 is 19.3 Å². The third-order valence-electron chi connectivity index (χ3n) is 3.77. The number of ether oxygens (including phenoxy) is 3. The van der Waals surface area contributed by atoms with Gasteiger partial charge in [0.15, 0.2) is 0 Å². The van der Waals surface area contributed by atoms with Gasteiger partial charge in [0.25, 0.3) is 0 Å². The minimum atomic E-state index is -0.505. The molecule has 0 aromatic carbocycles. The second kappa shape index (κ2) is 6.14. The Kier molecular flexibility index (Phi) is 4.79. The maximum absolute atomic E-state index is 10.5. The molecule has 2 heterocycles. The van der Waals surface area contributed by atoms with E-state index < -0.39 is 5.60 Å². The largest absolute Gasteiger partial charge is 0.390 e. The smallest absolute Gasteiger partial charge is 0.0700 e. The maximum Gasteiger partial charge on any atom is 0.0700 e. The molecule has 2 unspecified atom stereocenters. The fourth-order valence-corrected chi connectivity index (χ4v) is 2.96. The fraction of sp³-hybridized carbons (Fsp3) is 1.00. The van der Waals surface area contributed by atoms with Crippen LogP contribution in [0.2, 0.25) is 0 Å². The molecule has 0 aliphatic carbocycles. The summed E-state index contributed by atoms with van der Waals surface area (Å²) in [6.45, 7) is 1.99. The highest BCUT2D eigenvalue weighted by Gasteiger charge is 2.43. The predicted molar refractivity (Wildman–Crippen MR) is 64.0 cm³/mol. The molecule has 2 atom stereocenters. The van der Waals surface area contributed by atoms with Crippen LogP contribution in [0.3, 0.4) is 0 Å². The van der Waals surface area contributed by atoms with E-state index in [0.717, 1.165) is 38.5 Å². The molecule has 0 aromatic heterocycles. The van der Waals surface area contributed by atoms with Gasteiger partial charge in [0, 0.05) is 26.6 Å². The fourth-order valence-electron chi connectivity index (χ4n) is 2.96. The molecule has 2 bridgehead atoms. The lowest BCUT2D eigenvalue weighted by molar-refractivity contribution is -0.116. The van der Waals surface area contributed by atoms with Gasteiger partial charge in [-0.05, 0) is 25.7 Å². The first-order chi connectivity index (χ1) is 8.22. The average Bonchev–Trinajstić information content (AvgIpc) is 2.64. The number of hydrogen-bond acceptors (Lipinski definition) is 4. The summed E-state index contributed by atoms with van der Waals surface area (Å²) in [5.74, 6) is 0. The Morgan fingerprint density at radius 2 is 1.88 bits per heavy atom. The number of methoxy groups -OCH3 is 1. The van der Waals surface area contributed by atoms with Gasteiger partial charge in [-0.25, -0.2) is 0 Å². The molecule has 1 N–H and O–H groups in total. The Labute approximate surface area is 103 Å². The quantitative estimate of drug-likeness (QED) is 0.690. The van der Waals surface area contributed by atoms with Crippen LogP contribution in [0.25, 0.3) is 0 Å². The van der Waals surface area contributed by atoms with E-state index >= 15 is 0 Å². The predicted octanol–water partition coefficient (Wildman–Crippen LogP) is 1.50. The Balaban J connectivity index is 1.61. The highest BCUT2D eigenvalue weighted by Crippen LogP contribution is 2.40. The number of aliphatic hydroxyl groups is 1. The summed E-state index contributed by atoms with van der Waals surface area (Å²) >= 11 is 0. The Bertz CT molecular complexity index is 219. The summed E-state index contributed by atoms with van der Waals surface area (Å²) in [5, 5.41) is 10.5. The minimum absolute atomic E-state index is 0.299. The van der Waals surface area contributed by atoms with E-state index in [9.17, 15) is 5.11 Å². The summed E-state index contributed by atoms with van der Waals surface area (Å²) in [6.07, 6.45) is 6.20. The highest BCUT2D eigenvalue weighted by atomic mass is 16.5. The first-order valence-electron chi connectivity index (χ1n) is 6.66. The van der Waals surface area contributed by atoms with Crippen LogP contribution in [-0.4, -0.2) is 49.8 Å². The van der Waals surface area contributed by atoms with Crippen molar-refractivity contribution in [3.63, 3.8) is 0 Å². The summed E-state index contributed by atoms with van der Waals surface area (Å²) in [6, 6.07) is 0. The van der Waals surface area contributed by atoms with Crippen molar-refractivity contribution >= 4 is 0 Å². The zero-order valence-electron chi connectivity index (χ0n) is 10.7. The van der Waals surface area contributed by atoms with E-state index in [1.54, 1.807) is 7.11 Å². The van der Waals surface area contributed by atoms with Gasteiger partial charge in [0.1, 0.15) is 0 Å². The maximum atomic E-state index is 10.5. The zero-order chi connectivity index (χ0) is 12.1. The van der Waals surface area contributed by atoms with Gasteiger partial charge >= 0.3 is 0 Å².